The zero-order chi connectivity index (χ0) is 12.6. The van der Waals surface area contributed by atoms with Crippen LogP contribution in [0.4, 0.5) is 14.6 Å². The molecule has 88 valence electrons. The van der Waals surface area contributed by atoms with E-state index < -0.39 is 11.6 Å². The molecule has 17 heavy (non-hydrogen) atoms. The van der Waals surface area contributed by atoms with E-state index in [2.05, 4.69) is 4.98 Å². The summed E-state index contributed by atoms with van der Waals surface area (Å²) in [4.78, 5) is 3.95. The highest BCUT2D eigenvalue weighted by Crippen LogP contribution is 2.30. The molecule has 0 bridgehead atoms. The van der Waals surface area contributed by atoms with Crippen molar-refractivity contribution in [1.82, 2.24) is 4.98 Å². The highest BCUT2D eigenvalue weighted by molar-refractivity contribution is 6.33. The summed E-state index contributed by atoms with van der Waals surface area (Å²) in [6.45, 7) is 1.78. The Morgan fingerprint density at radius 3 is 2.47 bits per heavy atom. The molecule has 0 unspecified atom stereocenters. The third-order valence-corrected chi connectivity index (χ3v) is 2.75. The Balaban J connectivity index is 2.60. The first-order valence-corrected chi connectivity index (χ1v) is 5.24. The van der Waals surface area contributed by atoms with Gasteiger partial charge in [-0.25, -0.2) is 13.8 Å². The largest absolute Gasteiger partial charge is 0.383 e. The lowest BCUT2D eigenvalue weighted by Gasteiger charge is -2.07. The van der Waals surface area contributed by atoms with E-state index in [0.29, 0.717) is 16.9 Å². The third-order valence-electron chi connectivity index (χ3n) is 2.44. The smallest absolute Gasteiger partial charge is 0.160 e. The number of nitrogen functional groups attached to an aromatic ring is 1. The zero-order valence-corrected chi connectivity index (χ0v) is 9.72. The van der Waals surface area contributed by atoms with Crippen molar-refractivity contribution in [2.24, 2.45) is 0 Å². The van der Waals surface area contributed by atoms with E-state index in [1.54, 1.807) is 13.0 Å². The fourth-order valence-electron chi connectivity index (χ4n) is 1.48. The van der Waals surface area contributed by atoms with E-state index >= 15 is 0 Å². The first kappa shape index (κ1) is 11.8. The molecule has 0 radical (unpaired) electrons. The van der Waals surface area contributed by atoms with Crippen molar-refractivity contribution in [2.75, 3.05) is 5.73 Å². The Kier molecular flexibility index (Phi) is 2.98. The number of aromatic nitrogens is 1. The molecule has 0 atom stereocenters. The van der Waals surface area contributed by atoms with Gasteiger partial charge in [0.1, 0.15) is 5.82 Å². The minimum atomic E-state index is -0.973. The molecule has 0 aliphatic carbocycles. The lowest BCUT2D eigenvalue weighted by molar-refractivity contribution is 0.509. The Hall–Kier alpha value is -1.68. The molecular weight excluding hydrogens is 246 g/mol. The summed E-state index contributed by atoms with van der Waals surface area (Å²) in [7, 11) is 0. The van der Waals surface area contributed by atoms with Gasteiger partial charge in [-0.05, 0) is 30.7 Å². The zero-order valence-electron chi connectivity index (χ0n) is 8.97. The van der Waals surface area contributed by atoms with Crippen LogP contribution in [0.3, 0.4) is 0 Å². The van der Waals surface area contributed by atoms with Gasteiger partial charge in [0, 0.05) is 17.3 Å². The fourth-order valence-corrected chi connectivity index (χ4v) is 1.74. The normalized spacial score (nSPS) is 10.6. The molecule has 5 heteroatoms. The third kappa shape index (κ3) is 2.22. The van der Waals surface area contributed by atoms with E-state index in [1.807, 2.05) is 0 Å². The van der Waals surface area contributed by atoms with Crippen molar-refractivity contribution in [2.45, 2.75) is 6.92 Å². The molecule has 2 nitrogen and oxygen atoms in total. The summed E-state index contributed by atoms with van der Waals surface area (Å²) in [5.74, 6) is -1.52. The maximum Gasteiger partial charge on any atom is 0.160 e. The second-order valence-electron chi connectivity index (χ2n) is 3.67. The van der Waals surface area contributed by atoms with Crippen molar-refractivity contribution < 1.29 is 8.78 Å². The minimum Gasteiger partial charge on any atom is -0.383 e. The number of pyridine rings is 1. The lowest BCUT2D eigenvalue weighted by Crippen LogP contribution is -1.95. The Bertz CT molecular complexity index is 585. The second-order valence-corrected chi connectivity index (χ2v) is 4.08. The van der Waals surface area contributed by atoms with E-state index in [9.17, 15) is 8.78 Å². The van der Waals surface area contributed by atoms with Crippen molar-refractivity contribution in [3.8, 4) is 11.1 Å². The molecule has 1 heterocycles. The van der Waals surface area contributed by atoms with Crippen molar-refractivity contribution in [3.05, 3.63) is 46.6 Å². The Morgan fingerprint density at radius 1 is 1.18 bits per heavy atom. The Labute approximate surface area is 102 Å². The van der Waals surface area contributed by atoms with Crippen LogP contribution in [-0.2, 0) is 0 Å². The molecule has 0 saturated heterocycles. The predicted octanol–water partition coefficient (Wildman–Crippen LogP) is 3.57. The number of benzene rings is 1. The average molecular weight is 255 g/mol. The van der Waals surface area contributed by atoms with Gasteiger partial charge in [0.2, 0.25) is 0 Å². The van der Waals surface area contributed by atoms with Crippen LogP contribution in [0.5, 0.6) is 0 Å². The van der Waals surface area contributed by atoms with Crippen LogP contribution >= 0.6 is 11.6 Å². The SMILES string of the molecule is Cc1cc(-c2cc(F)c(F)cc2Cl)cnc1N. The van der Waals surface area contributed by atoms with E-state index in [4.69, 9.17) is 17.3 Å². The first-order valence-electron chi connectivity index (χ1n) is 4.86. The first-order chi connectivity index (χ1) is 7.99. The van der Waals surface area contributed by atoms with Crippen molar-refractivity contribution in [1.29, 1.82) is 0 Å². The van der Waals surface area contributed by atoms with Crippen molar-refractivity contribution >= 4 is 17.4 Å². The number of aryl methyl sites for hydroxylation is 1. The summed E-state index contributed by atoms with van der Waals surface area (Å²) in [5.41, 5.74) is 7.32. The molecule has 1 aromatic heterocycles. The maximum absolute atomic E-state index is 13.1. The van der Waals surface area contributed by atoms with Crippen LogP contribution in [0.15, 0.2) is 24.4 Å². The van der Waals surface area contributed by atoms with Gasteiger partial charge < -0.3 is 5.73 Å². The molecule has 0 aliphatic rings. The van der Waals surface area contributed by atoms with Gasteiger partial charge in [0.05, 0.1) is 5.02 Å². The van der Waals surface area contributed by atoms with Gasteiger partial charge in [-0.3, -0.25) is 0 Å². The highest BCUT2D eigenvalue weighted by atomic mass is 35.5. The summed E-state index contributed by atoms with van der Waals surface area (Å²) in [5, 5.41) is 0.134. The van der Waals surface area contributed by atoms with Crippen molar-refractivity contribution in [3.63, 3.8) is 0 Å². The van der Waals surface area contributed by atoms with E-state index in [-0.39, 0.29) is 5.02 Å². The second kappa shape index (κ2) is 4.30. The van der Waals surface area contributed by atoms with Crippen LogP contribution in [0.25, 0.3) is 11.1 Å². The van der Waals surface area contributed by atoms with Gasteiger partial charge in [-0.1, -0.05) is 11.6 Å². The summed E-state index contributed by atoms with van der Waals surface area (Å²) >= 11 is 5.86. The molecular formula is C12H9ClF2N2. The van der Waals surface area contributed by atoms with E-state index in [1.165, 1.54) is 6.20 Å². The number of hydrogen-bond acceptors (Lipinski definition) is 2. The highest BCUT2D eigenvalue weighted by Gasteiger charge is 2.11. The average Bonchev–Trinajstić information content (AvgIpc) is 2.27. The molecule has 0 spiro atoms. The molecule has 2 rings (SSSR count). The van der Waals surface area contributed by atoms with Crippen LogP contribution < -0.4 is 5.73 Å². The number of nitrogens with zero attached hydrogens (tertiary/aromatic N) is 1. The molecule has 0 aliphatic heterocycles. The Morgan fingerprint density at radius 2 is 1.82 bits per heavy atom. The number of hydrogen-bond donors (Lipinski definition) is 1. The monoisotopic (exact) mass is 254 g/mol. The predicted molar refractivity (Wildman–Crippen MR) is 63.7 cm³/mol. The number of nitrogens with two attached hydrogens (primary N) is 1. The molecule has 0 fully saturated rings. The van der Waals surface area contributed by atoms with Gasteiger partial charge in [0.15, 0.2) is 11.6 Å². The molecule has 2 aromatic rings. The molecule has 2 N–H and O–H groups in total. The summed E-state index contributed by atoms with van der Waals surface area (Å²) in [6, 6.07) is 3.71. The number of rotatable bonds is 1. The molecule has 1 aromatic carbocycles. The number of anilines is 1. The quantitative estimate of drug-likeness (QED) is 0.790. The van der Waals surface area contributed by atoms with Gasteiger partial charge in [-0.15, -0.1) is 0 Å². The molecule has 0 saturated carbocycles. The van der Waals surface area contributed by atoms with Crippen LogP contribution in [0.1, 0.15) is 5.56 Å². The lowest BCUT2D eigenvalue weighted by atomic mass is 10.1. The van der Waals surface area contributed by atoms with Gasteiger partial charge in [-0.2, -0.15) is 0 Å². The maximum atomic E-state index is 13.1. The van der Waals surface area contributed by atoms with Crippen LogP contribution in [0.2, 0.25) is 5.02 Å². The fraction of sp³-hybridized carbons (Fsp3) is 0.0833. The molecule has 0 amide bonds. The summed E-state index contributed by atoms with van der Waals surface area (Å²) in [6.07, 6.45) is 1.47. The van der Waals surface area contributed by atoms with E-state index in [0.717, 1.165) is 17.7 Å². The van der Waals surface area contributed by atoms with Crippen LogP contribution in [-0.4, -0.2) is 4.98 Å². The van der Waals surface area contributed by atoms with Gasteiger partial charge >= 0.3 is 0 Å². The van der Waals surface area contributed by atoms with Crippen LogP contribution in [0, 0.1) is 18.6 Å². The summed E-state index contributed by atoms with van der Waals surface area (Å²) < 4.78 is 26.1. The van der Waals surface area contributed by atoms with Gasteiger partial charge in [0.25, 0.3) is 0 Å². The minimum absolute atomic E-state index is 0.134. The standard InChI is InChI=1S/C12H9ClF2N2/c1-6-2-7(5-17-12(6)16)8-3-10(14)11(15)4-9(8)13/h2-5H,1H3,(H2,16,17). The topological polar surface area (TPSA) is 38.9 Å². The number of halogens is 3.